The van der Waals surface area contributed by atoms with Crippen LogP contribution < -0.4 is 0 Å². The molecule has 0 aromatic heterocycles. The van der Waals surface area contributed by atoms with Crippen LogP contribution in [0.1, 0.15) is 19.3 Å². The van der Waals surface area contributed by atoms with Gasteiger partial charge in [0, 0.05) is 0 Å². The Morgan fingerprint density at radius 3 is 1.82 bits per heavy atom. The van der Waals surface area contributed by atoms with Gasteiger partial charge in [0.2, 0.25) is 0 Å². The fraction of sp³-hybridized carbons (Fsp3) is 0.273. The van der Waals surface area contributed by atoms with Gasteiger partial charge in [-0.25, -0.2) is 0 Å². The van der Waals surface area contributed by atoms with Crippen molar-refractivity contribution in [2.75, 3.05) is 0 Å². The first kappa shape index (κ1) is 8.06. The van der Waals surface area contributed by atoms with Gasteiger partial charge in [0.1, 0.15) is 0 Å². The molecule has 0 radical (unpaired) electrons. The average Bonchev–Trinajstić information content (AvgIpc) is 2.28. The van der Waals surface area contributed by atoms with E-state index in [4.69, 9.17) is 0 Å². The summed E-state index contributed by atoms with van der Waals surface area (Å²) in [6.45, 7) is 7.53. The summed E-state index contributed by atoms with van der Waals surface area (Å²) in [4.78, 5) is 0. The molecule has 0 aromatic rings. The predicted octanol–water partition coefficient (Wildman–Crippen LogP) is 3.40. The Morgan fingerprint density at radius 1 is 1.00 bits per heavy atom. The average molecular weight is 146 g/mol. The zero-order valence-electron chi connectivity index (χ0n) is 6.84. The second-order valence-electron chi connectivity index (χ2n) is 2.72. The molecule has 0 nitrogen and oxygen atoms in total. The normalized spacial score (nSPS) is 17.8. The first-order valence-corrected chi connectivity index (χ1v) is 3.99. The van der Waals surface area contributed by atoms with Gasteiger partial charge >= 0.3 is 0 Å². The van der Waals surface area contributed by atoms with Crippen molar-refractivity contribution in [2.24, 2.45) is 0 Å². The van der Waals surface area contributed by atoms with Crippen LogP contribution in [0.5, 0.6) is 0 Å². The van der Waals surface area contributed by atoms with Crippen molar-refractivity contribution in [3.63, 3.8) is 0 Å². The molecule has 1 aliphatic carbocycles. The van der Waals surface area contributed by atoms with E-state index in [1.165, 1.54) is 11.1 Å². The summed E-state index contributed by atoms with van der Waals surface area (Å²) in [5.41, 5.74) is 2.65. The lowest BCUT2D eigenvalue weighted by Crippen LogP contribution is -1.79. The number of allylic oxidation sites excluding steroid dienone is 6. The van der Waals surface area contributed by atoms with E-state index in [9.17, 15) is 0 Å². The first-order valence-electron chi connectivity index (χ1n) is 3.99. The highest BCUT2D eigenvalue weighted by Crippen LogP contribution is 2.18. The van der Waals surface area contributed by atoms with Crippen LogP contribution in [0.4, 0.5) is 0 Å². The summed E-state index contributed by atoms with van der Waals surface area (Å²) in [7, 11) is 0. The number of hydrogen-bond acceptors (Lipinski definition) is 0. The van der Waals surface area contributed by atoms with Crippen LogP contribution in [0.2, 0.25) is 0 Å². The lowest BCUT2D eigenvalue weighted by Gasteiger charge is -1.98. The molecule has 1 rings (SSSR count). The molecule has 0 saturated carbocycles. The zero-order chi connectivity index (χ0) is 8.10. The SMILES string of the molecule is C=CC1=CCCC=C(C=C)C1. The molecule has 0 atom stereocenters. The molecule has 0 heterocycles. The van der Waals surface area contributed by atoms with Gasteiger partial charge in [-0.2, -0.15) is 0 Å². The van der Waals surface area contributed by atoms with Crippen LogP contribution in [-0.4, -0.2) is 0 Å². The molecule has 0 fully saturated rings. The largest absolute Gasteiger partial charge is 0.0988 e. The molecule has 0 N–H and O–H groups in total. The van der Waals surface area contributed by atoms with E-state index in [1.54, 1.807) is 0 Å². The Bertz CT molecular complexity index is 192. The van der Waals surface area contributed by atoms with Gasteiger partial charge in [0.25, 0.3) is 0 Å². The smallest absolute Gasteiger partial charge is 0.00325 e. The summed E-state index contributed by atoms with van der Waals surface area (Å²) in [5, 5.41) is 0. The summed E-state index contributed by atoms with van der Waals surface area (Å²) in [5.74, 6) is 0. The topological polar surface area (TPSA) is 0 Å². The lowest BCUT2D eigenvalue weighted by atomic mass is 10.1. The van der Waals surface area contributed by atoms with E-state index < -0.39 is 0 Å². The second-order valence-corrected chi connectivity index (χ2v) is 2.72. The van der Waals surface area contributed by atoms with Crippen molar-refractivity contribution in [3.05, 3.63) is 48.6 Å². The number of hydrogen-bond donors (Lipinski definition) is 0. The Labute approximate surface area is 68.6 Å². The standard InChI is InChI=1S/C11H14/c1-3-10-7-5-6-8-11(4-2)9-10/h3-4,7-8H,1-2,5-6,9H2. The van der Waals surface area contributed by atoms with Gasteiger partial charge in [0.05, 0.1) is 0 Å². The van der Waals surface area contributed by atoms with Crippen molar-refractivity contribution in [1.82, 2.24) is 0 Å². The van der Waals surface area contributed by atoms with E-state index in [0.717, 1.165) is 19.3 Å². The van der Waals surface area contributed by atoms with E-state index in [2.05, 4.69) is 25.3 Å². The monoisotopic (exact) mass is 146 g/mol. The van der Waals surface area contributed by atoms with Crippen molar-refractivity contribution in [3.8, 4) is 0 Å². The molecular formula is C11H14. The minimum atomic E-state index is 1.01. The van der Waals surface area contributed by atoms with Crippen molar-refractivity contribution in [1.29, 1.82) is 0 Å². The van der Waals surface area contributed by atoms with Gasteiger partial charge < -0.3 is 0 Å². The molecule has 58 valence electrons. The second kappa shape index (κ2) is 3.97. The van der Waals surface area contributed by atoms with Crippen molar-refractivity contribution in [2.45, 2.75) is 19.3 Å². The van der Waals surface area contributed by atoms with E-state index in [-0.39, 0.29) is 0 Å². The Hall–Kier alpha value is -1.04. The third-order valence-corrected chi connectivity index (χ3v) is 1.91. The Morgan fingerprint density at radius 2 is 1.45 bits per heavy atom. The van der Waals surface area contributed by atoms with Crippen LogP contribution in [0.15, 0.2) is 48.6 Å². The minimum Gasteiger partial charge on any atom is -0.0988 e. The Kier molecular flexibility index (Phi) is 2.91. The van der Waals surface area contributed by atoms with Gasteiger partial charge in [0.15, 0.2) is 0 Å². The highest BCUT2D eigenvalue weighted by molar-refractivity contribution is 5.31. The van der Waals surface area contributed by atoms with Crippen LogP contribution in [0.25, 0.3) is 0 Å². The Balaban J connectivity index is 2.73. The van der Waals surface area contributed by atoms with E-state index >= 15 is 0 Å². The highest BCUT2D eigenvalue weighted by Gasteiger charge is 1.99. The van der Waals surface area contributed by atoms with Crippen LogP contribution >= 0.6 is 0 Å². The number of rotatable bonds is 2. The van der Waals surface area contributed by atoms with Crippen LogP contribution in [0, 0.1) is 0 Å². The summed E-state index contributed by atoms with van der Waals surface area (Å²) < 4.78 is 0. The summed E-state index contributed by atoms with van der Waals surface area (Å²) in [6, 6.07) is 0. The highest BCUT2D eigenvalue weighted by atomic mass is 14.0. The van der Waals surface area contributed by atoms with Gasteiger partial charge in [-0.3, -0.25) is 0 Å². The molecule has 0 saturated heterocycles. The van der Waals surface area contributed by atoms with Crippen LogP contribution in [0.3, 0.4) is 0 Å². The van der Waals surface area contributed by atoms with Crippen molar-refractivity contribution >= 4 is 0 Å². The molecular weight excluding hydrogens is 132 g/mol. The van der Waals surface area contributed by atoms with Gasteiger partial charge in [-0.05, 0) is 30.4 Å². The van der Waals surface area contributed by atoms with Gasteiger partial charge in [-0.15, -0.1) is 0 Å². The van der Waals surface area contributed by atoms with E-state index in [0.29, 0.717) is 0 Å². The molecule has 0 amide bonds. The van der Waals surface area contributed by atoms with Crippen molar-refractivity contribution < 1.29 is 0 Å². The van der Waals surface area contributed by atoms with E-state index in [1.807, 2.05) is 12.2 Å². The molecule has 0 heteroatoms. The maximum absolute atomic E-state index is 3.76. The minimum absolute atomic E-state index is 1.01. The maximum Gasteiger partial charge on any atom is -0.00325 e. The summed E-state index contributed by atoms with van der Waals surface area (Å²) >= 11 is 0. The summed E-state index contributed by atoms with van der Waals surface area (Å²) in [6.07, 6.45) is 11.6. The molecule has 11 heavy (non-hydrogen) atoms. The molecule has 0 bridgehead atoms. The first-order chi connectivity index (χ1) is 5.36. The third-order valence-electron chi connectivity index (χ3n) is 1.91. The zero-order valence-corrected chi connectivity index (χ0v) is 6.84. The fourth-order valence-electron chi connectivity index (χ4n) is 1.23. The lowest BCUT2D eigenvalue weighted by molar-refractivity contribution is 1.05. The van der Waals surface area contributed by atoms with Gasteiger partial charge in [-0.1, -0.05) is 37.5 Å². The maximum atomic E-state index is 3.76. The van der Waals surface area contributed by atoms with Crippen LogP contribution in [-0.2, 0) is 0 Å². The fourth-order valence-corrected chi connectivity index (χ4v) is 1.23. The molecule has 0 unspecified atom stereocenters. The quantitative estimate of drug-likeness (QED) is 0.560. The molecule has 1 aliphatic rings. The molecule has 0 spiro atoms. The third kappa shape index (κ3) is 2.23. The predicted molar refractivity (Wildman–Crippen MR) is 50.4 cm³/mol. The molecule has 0 aliphatic heterocycles. The molecule has 0 aromatic carbocycles.